The van der Waals surface area contributed by atoms with Crippen molar-refractivity contribution in [2.75, 3.05) is 11.1 Å². The lowest BCUT2D eigenvalue weighted by molar-refractivity contribution is 0.0996. The molecular weight excluding hydrogens is 236 g/mol. The topological polar surface area (TPSA) is 94.0 Å². The average Bonchev–Trinajstić information content (AvgIpc) is 2.80. The molecule has 5 N–H and O–H groups in total. The molecule has 0 aromatic carbocycles. The lowest BCUT2D eigenvalue weighted by atomic mass is 10.3. The van der Waals surface area contributed by atoms with E-state index in [1.807, 2.05) is 17.5 Å². The van der Waals surface area contributed by atoms with E-state index in [1.165, 1.54) is 6.07 Å². The third-order valence-electron chi connectivity index (χ3n) is 2.19. The molecule has 2 heterocycles. The van der Waals surface area contributed by atoms with Crippen LogP contribution in [0.25, 0.3) is 0 Å². The van der Waals surface area contributed by atoms with Gasteiger partial charge < -0.3 is 16.8 Å². The maximum Gasteiger partial charge on any atom is 0.267 e. The van der Waals surface area contributed by atoms with Crippen molar-refractivity contribution in [3.05, 3.63) is 40.2 Å². The Morgan fingerprint density at radius 2 is 2.24 bits per heavy atom. The molecule has 17 heavy (non-hydrogen) atoms. The quantitative estimate of drug-likeness (QED) is 0.763. The number of nitrogens with one attached hydrogen (secondary N) is 1. The van der Waals surface area contributed by atoms with Gasteiger partial charge in [0.15, 0.2) is 0 Å². The number of rotatable bonds is 4. The van der Waals surface area contributed by atoms with Crippen molar-refractivity contribution < 1.29 is 4.79 Å². The fraction of sp³-hybridized carbons (Fsp3) is 0.0909. The monoisotopic (exact) mass is 248 g/mol. The second-order valence-electron chi connectivity index (χ2n) is 3.43. The molecule has 0 saturated carbocycles. The van der Waals surface area contributed by atoms with Crippen molar-refractivity contribution in [1.29, 1.82) is 0 Å². The Balaban J connectivity index is 2.14. The molecule has 0 bridgehead atoms. The number of hydrogen-bond donors (Lipinski definition) is 3. The predicted molar refractivity (Wildman–Crippen MR) is 68.8 cm³/mol. The van der Waals surface area contributed by atoms with E-state index >= 15 is 0 Å². The number of nitrogen functional groups attached to an aromatic ring is 1. The van der Waals surface area contributed by atoms with Crippen LogP contribution >= 0.6 is 11.3 Å². The van der Waals surface area contributed by atoms with Crippen LogP contribution in [-0.2, 0) is 6.54 Å². The number of carbonyl (C=O) groups excluding carboxylic acids is 1. The number of hydrogen-bond acceptors (Lipinski definition) is 5. The number of aromatic nitrogens is 1. The lowest BCUT2D eigenvalue weighted by Crippen LogP contribution is -2.15. The molecule has 88 valence electrons. The van der Waals surface area contributed by atoms with E-state index in [9.17, 15) is 4.79 Å². The highest BCUT2D eigenvalue weighted by atomic mass is 32.1. The molecule has 0 fully saturated rings. The Morgan fingerprint density at radius 3 is 2.88 bits per heavy atom. The van der Waals surface area contributed by atoms with Crippen LogP contribution in [0.4, 0.5) is 11.5 Å². The van der Waals surface area contributed by atoms with Crippen molar-refractivity contribution in [3.8, 4) is 0 Å². The van der Waals surface area contributed by atoms with E-state index in [-0.39, 0.29) is 5.69 Å². The van der Waals surface area contributed by atoms with Crippen molar-refractivity contribution in [2.24, 2.45) is 5.73 Å². The highest BCUT2D eigenvalue weighted by Gasteiger charge is 2.06. The third kappa shape index (κ3) is 2.73. The second kappa shape index (κ2) is 4.84. The smallest absolute Gasteiger partial charge is 0.267 e. The van der Waals surface area contributed by atoms with Crippen LogP contribution in [0.1, 0.15) is 15.4 Å². The minimum atomic E-state index is -0.566. The summed E-state index contributed by atoms with van der Waals surface area (Å²) in [5.41, 5.74) is 11.6. The molecule has 0 aliphatic carbocycles. The van der Waals surface area contributed by atoms with Crippen molar-refractivity contribution in [1.82, 2.24) is 4.98 Å². The molecule has 0 saturated heterocycles. The molecule has 0 spiro atoms. The maximum absolute atomic E-state index is 11.0. The van der Waals surface area contributed by atoms with Gasteiger partial charge in [0.2, 0.25) is 0 Å². The molecule has 0 unspecified atom stereocenters. The van der Waals surface area contributed by atoms with Crippen LogP contribution in [-0.4, -0.2) is 10.9 Å². The number of nitrogens with zero attached hydrogens (tertiary/aromatic N) is 1. The first-order valence-electron chi connectivity index (χ1n) is 4.99. The van der Waals surface area contributed by atoms with Gasteiger partial charge in [0.05, 0.1) is 12.2 Å². The van der Waals surface area contributed by atoms with Gasteiger partial charge in [-0.15, -0.1) is 11.3 Å². The summed E-state index contributed by atoms with van der Waals surface area (Å²) in [6.07, 6.45) is 0. The third-order valence-corrected chi connectivity index (χ3v) is 3.07. The largest absolute Gasteiger partial charge is 0.396 e. The van der Waals surface area contributed by atoms with E-state index in [2.05, 4.69) is 10.3 Å². The number of amides is 1. The number of primary amides is 1. The Kier molecular flexibility index (Phi) is 3.24. The van der Waals surface area contributed by atoms with Gasteiger partial charge in [-0.25, -0.2) is 4.98 Å². The Bertz CT molecular complexity index is 524. The Labute approximate surface area is 102 Å². The fourth-order valence-corrected chi connectivity index (χ4v) is 1.98. The SMILES string of the molecule is NC(=O)c1ccc(N)c(NCc2cccs2)n1. The van der Waals surface area contributed by atoms with Gasteiger partial charge in [0.25, 0.3) is 5.91 Å². The van der Waals surface area contributed by atoms with Gasteiger partial charge in [-0.2, -0.15) is 0 Å². The van der Waals surface area contributed by atoms with Gasteiger partial charge >= 0.3 is 0 Å². The fourth-order valence-electron chi connectivity index (χ4n) is 1.33. The predicted octanol–water partition coefficient (Wildman–Crippen LogP) is 1.44. The van der Waals surface area contributed by atoms with E-state index in [0.717, 1.165) is 4.88 Å². The lowest BCUT2D eigenvalue weighted by Gasteiger charge is -2.08. The van der Waals surface area contributed by atoms with Crippen LogP contribution in [0, 0.1) is 0 Å². The Hall–Kier alpha value is -2.08. The molecule has 5 nitrogen and oxygen atoms in total. The normalized spacial score (nSPS) is 10.1. The zero-order valence-corrected chi connectivity index (χ0v) is 9.83. The zero-order chi connectivity index (χ0) is 12.3. The van der Waals surface area contributed by atoms with Gasteiger partial charge in [0.1, 0.15) is 11.5 Å². The van der Waals surface area contributed by atoms with E-state index in [4.69, 9.17) is 11.5 Å². The summed E-state index contributed by atoms with van der Waals surface area (Å²) in [7, 11) is 0. The van der Waals surface area contributed by atoms with Gasteiger partial charge in [-0.3, -0.25) is 4.79 Å². The summed E-state index contributed by atoms with van der Waals surface area (Å²) in [5.74, 6) is -0.0844. The number of thiophene rings is 1. The molecule has 0 aliphatic rings. The summed E-state index contributed by atoms with van der Waals surface area (Å²) >= 11 is 1.64. The highest BCUT2D eigenvalue weighted by molar-refractivity contribution is 7.09. The summed E-state index contributed by atoms with van der Waals surface area (Å²) in [5, 5.41) is 5.07. The van der Waals surface area contributed by atoms with E-state index in [1.54, 1.807) is 17.4 Å². The first kappa shape index (κ1) is 11.4. The van der Waals surface area contributed by atoms with E-state index < -0.39 is 5.91 Å². The molecule has 2 rings (SSSR count). The first-order valence-corrected chi connectivity index (χ1v) is 5.87. The maximum atomic E-state index is 11.0. The molecule has 0 radical (unpaired) electrons. The molecule has 6 heteroatoms. The van der Waals surface area contributed by atoms with Crippen LogP contribution < -0.4 is 16.8 Å². The molecular formula is C11H12N4OS. The van der Waals surface area contributed by atoms with Gasteiger partial charge in [-0.05, 0) is 23.6 Å². The molecule has 2 aromatic heterocycles. The Morgan fingerprint density at radius 1 is 1.41 bits per heavy atom. The number of anilines is 2. The molecule has 0 atom stereocenters. The summed E-state index contributed by atoms with van der Waals surface area (Å²) in [6, 6.07) is 7.10. The highest BCUT2D eigenvalue weighted by Crippen LogP contribution is 2.17. The van der Waals surface area contributed by atoms with Gasteiger partial charge in [-0.1, -0.05) is 6.07 Å². The minimum Gasteiger partial charge on any atom is -0.396 e. The molecule has 2 aromatic rings. The van der Waals surface area contributed by atoms with Crippen LogP contribution in [0.15, 0.2) is 29.6 Å². The van der Waals surface area contributed by atoms with Crippen LogP contribution in [0.2, 0.25) is 0 Å². The van der Waals surface area contributed by atoms with Crippen LogP contribution in [0.5, 0.6) is 0 Å². The van der Waals surface area contributed by atoms with Crippen LogP contribution in [0.3, 0.4) is 0 Å². The standard InChI is InChI=1S/C11H12N4OS/c12-8-3-4-9(10(13)16)15-11(8)14-6-7-2-1-5-17-7/h1-5H,6,12H2,(H2,13,16)(H,14,15). The number of pyridine rings is 1. The number of carbonyl (C=O) groups is 1. The second-order valence-corrected chi connectivity index (χ2v) is 4.46. The first-order chi connectivity index (χ1) is 8.16. The van der Waals surface area contributed by atoms with Crippen molar-refractivity contribution >= 4 is 28.7 Å². The summed E-state index contributed by atoms with van der Waals surface area (Å²) < 4.78 is 0. The van der Waals surface area contributed by atoms with Crippen molar-refractivity contribution in [3.63, 3.8) is 0 Å². The average molecular weight is 248 g/mol. The number of nitrogens with two attached hydrogens (primary N) is 2. The van der Waals surface area contributed by atoms with Crippen molar-refractivity contribution in [2.45, 2.75) is 6.54 Å². The minimum absolute atomic E-state index is 0.202. The molecule has 1 amide bonds. The van der Waals surface area contributed by atoms with Gasteiger partial charge in [0, 0.05) is 4.88 Å². The van der Waals surface area contributed by atoms with E-state index in [0.29, 0.717) is 18.1 Å². The summed E-state index contributed by atoms with van der Waals surface area (Å²) in [6.45, 7) is 0.622. The molecule has 0 aliphatic heterocycles. The zero-order valence-electron chi connectivity index (χ0n) is 9.01. The summed E-state index contributed by atoms with van der Waals surface area (Å²) in [4.78, 5) is 16.2.